The number of ether oxygens (including phenoxy) is 1. The molecule has 1 aromatic heterocycles. The van der Waals surface area contributed by atoms with Crippen molar-refractivity contribution in [2.24, 2.45) is 4.99 Å². The lowest BCUT2D eigenvalue weighted by atomic mass is 10.2. The lowest BCUT2D eigenvalue weighted by Crippen LogP contribution is -2.18. The van der Waals surface area contributed by atoms with E-state index in [0.717, 1.165) is 10.0 Å². The number of unbranched alkanes of at least 4 members (excludes halogenated alkanes) is 1. The first-order chi connectivity index (χ1) is 16.0. The molecular formula is C21H22BrClF2N3O4PS. The highest BCUT2D eigenvalue weighted by Gasteiger charge is 2.47. The topological polar surface area (TPSA) is 96.9 Å². The summed E-state index contributed by atoms with van der Waals surface area (Å²) in [6.07, 6.45) is -0.784. The summed E-state index contributed by atoms with van der Waals surface area (Å²) in [5.41, 5.74) is -2.65. The van der Waals surface area contributed by atoms with Gasteiger partial charge in [-0.15, -0.1) is 0 Å². The number of alkyl halides is 2. The van der Waals surface area contributed by atoms with Crippen LogP contribution in [0.15, 0.2) is 51.9 Å². The second kappa shape index (κ2) is 11.4. The first-order valence-corrected chi connectivity index (χ1v) is 13.8. The van der Waals surface area contributed by atoms with E-state index in [9.17, 15) is 13.3 Å². The summed E-state index contributed by atoms with van der Waals surface area (Å²) >= 11 is 10.8. The number of aryl methyl sites for hydroxylation is 1. The summed E-state index contributed by atoms with van der Waals surface area (Å²) in [7, 11) is -5.49. The zero-order chi connectivity index (χ0) is 24.9. The Labute approximate surface area is 212 Å². The number of nitrogens with zero attached hydrogens (tertiary/aromatic N) is 3. The van der Waals surface area contributed by atoms with Gasteiger partial charge < -0.3 is 14.5 Å². The molecule has 0 amide bonds. The minimum Gasteiger partial charge on any atom is -0.494 e. The number of rotatable bonds is 10. The maximum absolute atomic E-state index is 13.6. The molecule has 0 fully saturated rings. The molecule has 184 valence electrons. The van der Waals surface area contributed by atoms with Crippen molar-refractivity contribution in [2.45, 2.75) is 38.4 Å². The van der Waals surface area contributed by atoms with Gasteiger partial charge in [-0.05, 0) is 66.0 Å². The van der Waals surface area contributed by atoms with Gasteiger partial charge in [0.15, 0.2) is 0 Å². The van der Waals surface area contributed by atoms with E-state index in [1.54, 1.807) is 22.9 Å². The standard InChI is InChI=1S/C21H22BrClF2N3O4PS/c1-2-32-16-7-5-6-14(12-16)19-27-28(11-4-3-10-21(24,25)33(29,30)31)20(34-19)26-15-8-9-17(22)18(23)13-15/h5-9,12-13H,2-4,10-11H2,1H3,(H2,29,30,31)/b26-20-. The highest BCUT2D eigenvalue weighted by atomic mass is 79.9. The Bertz CT molecular complexity index is 1260. The summed E-state index contributed by atoms with van der Waals surface area (Å²) in [5.74, 6) is 0.694. The van der Waals surface area contributed by atoms with Crippen molar-refractivity contribution in [3.05, 3.63) is 56.8 Å². The van der Waals surface area contributed by atoms with Crippen LogP contribution in [0.25, 0.3) is 10.6 Å². The fourth-order valence-corrected chi connectivity index (χ4v) is 4.77. The summed E-state index contributed by atoms with van der Waals surface area (Å²) in [4.78, 5) is 22.8. The number of halogens is 4. The molecule has 0 bridgehead atoms. The molecule has 0 aliphatic heterocycles. The van der Waals surface area contributed by atoms with Gasteiger partial charge in [-0.3, -0.25) is 4.57 Å². The molecule has 3 aromatic rings. The number of aromatic nitrogens is 2. The summed E-state index contributed by atoms with van der Waals surface area (Å²) < 4.78 is 46.0. The maximum Gasteiger partial charge on any atom is 0.394 e. The second-order valence-corrected chi connectivity index (χ2v) is 11.2. The lowest BCUT2D eigenvalue weighted by molar-refractivity contribution is 0.0474. The molecule has 34 heavy (non-hydrogen) atoms. The van der Waals surface area contributed by atoms with Gasteiger partial charge in [0, 0.05) is 23.0 Å². The van der Waals surface area contributed by atoms with E-state index in [1.165, 1.54) is 11.3 Å². The SMILES string of the molecule is CCOc1cccc(-c2nn(CCCCC(F)(F)P(=O)(O)O)/c(=N/c3ccc(Br)c(Cl)c3)s2)c1. The van der Waals surface area contributed by atoms with Crippen LogP contribution in [-0.2, 0) is 11.1 Å². The van der Waals surface area contributed by atoms with E-state index >= 15 is 0 Å². The first kappa shape index (κ1) is 27.0. The van der Waals surface area contributed by atoms with Gasteiger partial charge in [-0.1, -0.05) is 35.1 Å². The van der Waals surface area contributed by atoms with E-state index in [0.29, 0.717) is 32.9 Å². The van der Waals surface area contributed by atoms with Gasteiger partial charge >= 0.3 is 13.3 Å². The summed E-state index contributed by atoms with van der Waals surface area (Å²) in [6, 6.07) is 12.7. The fraction of sp³-hybridized carbons (Fsp3) is 0.333. The normalized spacial score (nSPS) is 12.9. The molecule has 0 saturated heterocycles. The number of hydrogen-bond acceptors (Lipinski definition) is 5. The van der Waals surface area contributed by atoms with Crippen LogP contribution >= 0.6 is 46.5 Å². The molecule has 0 unspecified atom stereocenters. The Kier molecular flexibility index (Phi) is 9.05. The van der Waals surface area contributed by atoms with Crippen molar-refractivity contribution in [1.29, 1.82) is 0 Å². The third kappa shape index (κ3) is 6.96. The fourth-order valence-electron chi connectivity index (χ4n) is 2.95. The largest absolute Gasteiger partial charge is 0.494 e. The highest BCUT2D eigenvalue weighted by molar-refractivity contribution is 9.10. The van der Waals surface area contributed by atoms with Gasteiger partial charge in [-0.2, -0.15) is 13.9 Å². The molecule has 0 saturated carbocycles. The van der Waals surface area contributed by atoms with E-state index in [4.69, 9.17) is 26.1 Å². The summed E-state index contributed by atoms with van der Waals surface area (Å²) in [5, 5.41) is 5.75. The Morgan fingerprint density at radius 2 is 2.03 bits per heavy atom. The van der Waals surface area contributed by atoms with Crippen LogP contribution in [0.1, 0.15) is 26.2 Å². The van der Waals surface area contributed by atoms with Crippen LogP contribution in [0.3, 0.4) is 0 Å². The minimum atomic E-state index is -5.49. The Balaban J connectivity index is 1.90. The van der Waals surface area contributed by atoms with Crippen LogP contribution < -0.4 is 9.54 Å². The average Bonchev–Trinajstić information content (AvgIpc) is 3.16. The number of hydrogen-bond donors (Lipinski definition) is 2. The molecule has 7 nitrogen and oxygen atoms in total. The molecular weight excluding hydrogens is 575 g/mol. The lowest BCUT2D eigenvalue weighted by Gasteiger charge is -2.17. The van der Waals surface area contributed by atoms with E-state index in [2.05, 4.69) is 26.0 Å². The molecule has 2 N–H and O–H groups in total. The smallest absolute Gasteiger partial charge is 0.394 e. The second-order valence-electron chi connectivity index (χ2n) is 7.25. The van der Waals surface area contributed by atoms with Crippen LogP contribution in [0.5, 0.6) is 5.75 Å². The quantitative estimate of drug-likeness (QED) is 0.203. The molecule has 13 heteroatoms. The van der Waals surface area contributed by atoms with E-state index in [1.807, 2.05) is 31.2 Å². The first-order valence-electron chi connectivity index (χ1n) is 10.2. The molecule has 0 aliphatic carbocycles. The molecule has 0 spiro atoms. The zero-order valence-corrected chi connectivity index (χ0v) is 22.0. The Morgan fingerprint density at radius 3 is 2.71 bits per heavy atom. The van der Waals surface area contributed by atoms with Gasteiger partial charge in [0.1, 0.15) is 10.8 Å². The predicted molar refractivity (Wildman–Crippen MR) is 132 cm³/mol. The van der Waals surface area contributed by atoms with E-state index in [-0.39, 0.29) is 19.4 Å². The Hall–Kier alpha value is -1.62. The Morgan fingerprint density at radius 1 is 1.26 bits per heavy atom. The van der Waals surface area contributed by atoms with Crippen LogP contribution in [0, 0.1) is 0 Å². The number of benzene rings is 2. The monoisotopic (exact) mass is 595 g/mol. The van der Waals surface area contributed by atoms with Gasteiger partial charge in [0.05, 0.1) is 17.3 Å². The van der Waals surface area contributed by atoms with Crippen molar-refractivity contribution >= 4 is 52.2 Å². The highest BCUT2D eigenvalue weighted by Crippen LogP contribution is 2.55. The third-order valence-electron chi connectivity index (χ3n) is 4.66. The van der Waals surface area contributed by atoms with Gasteiger partial charge in [0.25, 0.3) is 0 Å². The van der Waals surface area contributed by atoms with Gasteiger partial charge in [0.2, 0.25) is 4.80 Å². The van der Waals surface area contributed by atoms with Crippen LogP contribution in [0.4, 0.5) is 14.5 Å². The molecule has 3 rings (SSSR count). The maximum atomic E-state index is 13.6. The zero-order valence-electron chi connectivity index (χ0n) is 18.0. The van der Waals surface area contributed by atoms with E-state index < -0.39 is 19.7 Å². The van der Waals surface area contributed by atoms with Gasteiger partial charge in [-0.25, -0.2) is 9.67 Å². The average molecular weight is 597 g/mol. The van der Waals surface area contributed by atoms with Crippen molar-refractivity contribution in [3.63, 3.8) is 0 Å². The predicted octanol–water partition coefficient (Wildman–Crippen LogP) is 6.60. The van der Waals surface area contributed by atoms with Crippen molar-refractivity contribution < 1.29 is 27.9 Å². The minimum absolute atomic E-state index is 0.0959. The van der Waals surface area contributed by atoms with Crippen LogP contribution in [0.2, 0.25) is 5.02 Å². The van der Waals surface area contributed by atoms with Crippen LogP contribution in [-0.4, -0.2) is 31.8 Å². The van der Waals surface area contributed by atoms with Crippen molar-refractivity contribution in [2.75, 3.05) is 6.61 Å². The molecule has 0 radical (unpaired) electrons. The molecule has 1 heterocycles. The molecule has 0 aliphatic rings. The summed E-state index contributed by atoms with van der Waals surface area (Å²) in [6.45, 7) is 2.65. The van der Waals surface area contributed by atoms with Crippen molar-refractivity contribution in [3.8, 4) is 16.3 Å². The third-order valence-corrected chi connectivity index (χ3v) is 7.97. The molecule has 0 atom stereocenters. The molecule has 2 aromatic carbocycles. The van der Waals surface area contributed by atoms with Crippen molar-refractivity contribution in [1.82, 2.24) is 9.78 Å².